The molecule has 0 aromatic carbocycles. The molecule has 0 bridgehead atoms. The van der Waals surface area contributed by atoms with Gasteiger partial charge in [0, 0.05) is 0 Å². The standard InChI is InChI=1S/Al.Ba.ClH.H2O4S.5H/c;;;1-5(2,3)4;;;;;/h;;1H;(H2,1,2,3,4);;;;;. The zero-order valence-corrected chi connectivity index (χ0v) is 4.16. The molecule has 0 heterocycles. The fourth-order valence-corrected chi connectivity index (χ4v) is 0. The van der Waals surface area contributed by atoms with E-state index in [-0.39, 0.29) is 78.6 Å². The van der Waals surface area contributed by atoms with Gasteiger partial charge in [-0.3, -0.25) is 9.11 Å². The summed E-state index contributed by atoms with van der Waals surface area (Å²) in [7, 11) is -4.67. The molecule has 0 aromatic heterocycles. The second kappa shape index (κ2) is 9.26. The molecule has 0 saturated heterocycles. The maximum absolute atomic E-state index is 8.74. The Labute approximate surface area is 105 Å². The number of halogens is 1. The first kappa shape index (κ1) is 22.4. The third-order valence-corrected chi connectivity index (χ3v) is 0. The normalized spacial score (nSPS) is 7.25. The molecular weight excluding hydrogens is 296 g/mol. The van der Waals surface area contributed by atoms with E-state index in [4.69, 9.17) is 17.5 Å². The Kier molecular flexibility index (Phi) is 26.0. The summed E-state index contributed by atoms with van der Waals surface area (Å²) in [6.07, 6.45) is 0. The molecule has 8 heteroatoms. The molecule has 2 N–H and O–H groups in total. The first-order valence-corrected chi connectivity index (χ1v) is 2.10. The van der Waals surface area contributed by atoms with Crippen LogP contribution in [0.5, 0.6) is 0 Å². The molecule has 0 saturated carbocycles. The van der Waals surface area contributed by atoms with Crippen molar-refractivity contribution in [1.82, 2.24) is 0 Å². The summed E-state index contributed by atoms with van der Waals surface area (Å²) < 4.78 is 31.6. The molecule has 0 rings (SSSR count). The average molecular weight is 304 g/mol. The van der Waals surface area contributed by atoms with E-state index in [1.165, 1.54) is 0 Å². The van der Waals surface area contributed by atoms with Gasteiger partial charge in [-0.1, -0.05) is 0 Å². The second-order valence-corrected chi connectivity index (χ2v) is 1.34. The number of rotatable bonds is 0. The van der Waals surface area contributed by atoms with E-state index in [0.717, 1.165) is 0 Å². The minimum atomic E-state index is -4.67. The predicted molar refractivity (Wildman–Crippen MR) is 39.9 cm³/mol. The summed E-state index contributed by atoms with van der Waals surface area (Å²) in [6.45, 7) is 0. The monoisotopic (exact) mass is 304 g/mol. The molecule has 0 aliphatic carbocycles. The van der Waals surface area contributed by atoms with Crippen LogP contribution in [0, 0.1) is 0 Å². The molecule has 0 aliphatic rings. The fourth-order valence-electron chi connectivity index (χ4n) is 0. The molecule has 0 atom stereocenters. The van der Waals surface area contributed by atoms with Gasteiger partial charge in [-0.15, -0.1) is 12.4 Å². The molecule has 0 aliphatic heterocycles. The minimum absolute atomic E-state index is 0. The maximum atomic E-state index is 8.74. The molecule has 0 aromatic rings. The van der Waals surface area contributed by atoms with Crippen LogP contribution < -0.4 is 0 Å². The van der Waals surface area contributed by atoms with Crippen molar-refractivity contribution in [3.63, 3.8) is 0 Å². The second-order valence-electron chi connectivity index (χ2n) is 0.448. The average Bonchev–Trinajstić information content (AvgIpc) is 0.722. The van der Waals surface area contributed by atoms with Crippen LogP contribution >= 0.6 is 12.4 Å². The number of hydrogen-bond acceptors (Lipinski definition) is 2. The Hall–Kier alpha value is 2.26. The van der Waals surface area contributed by atoms with Crippen molar-refractivity contribution in [3.8, 4) is 0 Å². The molecule has 0 radical (unpaired) electrons. The van der Waals surface area contributed by atoms with Gasteiger partial charge >= 0.3 is 59.3 Å². The molecular formula is H8AlBaClO4S. The van der Waals surface area contributed by atoms with Crippen molar-refractivity contribution in [2.45, 2.75) is 0 Å². The van der Waals surface area contributed by atoms with Gasteiger partial charge in [0.05, 0.1) is 0 Å². The zero-order valence-electron chi connectivity index (χ0n) is 2.53. The van der Waals surface area contributed by atoms with E-state index in [1.54, 1.807) is 0 Å². The van der Waals surface area contributed by atoms with E-state index in [2.05, 4.69) is 0 Å². The molecule has 50 valence electrons. The Bertz CT molecular complexity index is 99.2. The molecule has 8 heavy (non-hydrogen) atoms. The van der Waals surface area contributed by atoms with Gasteiger partial charge in [0.15, 0.2) is 17.4 Å². The molecule has 4 nitrogen and oxygen atoms in total. The van der Waals surface area contributed by atoms with Gasteiger partial charge in [-0.2, -0.15) is 8.42 Å². The van der Waals surface area contributed by atoms with Crippen molar-refractivity contribution in [2.75, 3.05) is 0 Å². The fraction of sp³-hybridized carbons (Fsp3) is 0. The van der Waals surface area contributed by atoms with E-state index < -0.39 is 10.4 Å². The third kappa shape index (κ3) is 85.1. The number of hydrogen-bond donors (Lipinski definition) is 2. The first-order valence-electron chi connectivity index (χ1n) is 0.698. The molecule has 0 amide bonds. The first-order chi connectivity index (χ1) is 2.00. The van der Waals surface area contributed by atoms with Crippen LogP contribution in [0.15, 0.2) is 0 Å². The Morgan fingerprint density at radius 2 is 1.12 bits per heavy atom. The van der Waals surface area contributed by atoms with Crippen LogP contribution in [0.1, 0.15) is 0 Å². The van der Waals surface area contributed by atoms with Gasteiger partial charge in [0.1, 0.15) is 0 Å². The summed E-state index contributed by atoms with van der Waals surface area (Å²) in [5.41, 5.74) is 0. The van der Waals surface area contributed by atoms with Crippen molar-refractivity contribution in [3.05, 3.63) is 0 Å². The van der Waals surface area contributed by atoms with Crippen molar-refractivity contribution in [2.24, 2.45) is 0 Å². The van der Waals surface area contributed by atoms with Gasteiger partial charge < -0.3 is 0 Å². The SMILES string of the molecule is Cl.O=S(=O)(O)O.[AlH3].[BaH2]. The quantitative estimate of drug-likeness (QED) is 0.389. The van der Waals surface area contributed by atoms with Crippen LogP contribution in [0.3, 0.4) is 0 Å². The zero-order chi connectivity index (χ0) is 4.50. The Morgan fingerprint density at radius 3 is 1.12 bits per heavy atom. The van der Waals surface area contributed by atoms with E-state index in [0.29, 0.717) is 0 Å². The summed E-state index contributed by atoms with van der Waals surface area (Å²) in [4.78, 5) is 0. The van der Waals surface area contributed by atoms with Gasteiger partial charge in [0.25, 0.3) is 0 Å². The molecule has 0 fully saturated rings. The predicted octanol–water partition coefficient (Wildman–Crippen LogP) is -2.33. The van der Waals surface area contributed by atoms with Crippen LogP contribution in [-0.2, 0) is 10.4 Å². The van der Waals surface area contributed by atoms with Crippen LogP contribution in [0.25, 0.3) is 0 Å². The Balaban J connectivity index is -0.0000000267. The molecule has 0 unspecified atom stereocenters. The van der Waals surface area contributed by atoms with Crippen molar-refractivity contribution in [1.29, 1.82) is 0 Å². The molecule has 0 spiro atoms. The van der Waals surface area contributed by atoms with Crippen LogP contribution in [0.2, 0.25) is 0 Å². The summed E-state index contributed by atoms with van der Waals surface area (Å²) in [5.74, 6) is 0. The van der Waals surface area contributed by atoms with Gasteiger partial charge in [-0.25, -0.2) is 0 Å². The van der Waals surface area contributed by atoms with Gasteiger partial charge in [0.2, 0.25) is 0 Å². The third-order valence-electron chi connectivity index (χ3n) is 0. The summed E-state index contributed by atoms with van der Waals surface area (Å²) >= 11 is 0. The van der Waals surface area contributed by atoms with E-state index in [9.17, 15) is 0 Å². The van der Waals surface area contributed by atoms with Crippen LogP contribution in [-0.4, -0.2) is 83.8 Å². The van der Waals surface area contributed by atoms with E-state index in [1.807, 2.05) is 0 Å². The van der Waals surface area contributed by atoms with Crippen LogP contribution in [0.4, 0.5) is 0 Å². The summed E-state index contributed by atoms with van der Waals surface area (Å²) in [5, 5.41) is 0. The Morgan fingerprint density at radius 1 is 1.12 bits per heavy atom. The topological polar surface area (TPSA) is 74.6 Å². The van der Waals surface area contributed by atoms with E-state index >= 15 is 0 Å². The summed E-state index contributed by atoms with van der Waals surface area (Å²) in [6, 6.07) is 0. The van der Waals surface area contributed by atoms with Crippen molar-refractivity contribution < 1.29 is 17.5 Å². The van der Waals surface area contributed by atoms with Crippen molar-refractivity contribution >= 4 is 89.0 Å². The van der Waals surface area contributed by atoms with Gasteiger partial charge in [-0.05, 0) is 0 Å².